The molecular weight excluding hydrogens is 345 g/mol. The monoisotopic (exact) mass is 369 g/mol. The molecule has 0 radical (unpaired) electrons. The minimum Gasteiger partial charge on any atom is -0.378 e. The van der Waals surface area contributed by atoms with Crippen LogP contribution in [-0.2, 0) is 4.74 Å². The van der Waals surface area contributed by atoms with Crippen molar-refractivity contribution in [1.29, 1.82) is 0 Å². The summed E-state index contributed by atoms with van der Waals surface area (Å²) >= 11 is 0. The Kier molecular flexibility index (Phi) is 4.13. The van der Waals surface area contributed by atoms with Crippen molar-refractivity contribution in [3.8, 4) is 0 Å². The molecule has 0 N–H and O–H groups in total. The number of hydrogen-bond donors (Lipinski definition) is 0. The summed E-state index contributed by atoms with van der Waals surface area (Å²) in [6, 6.07) is 6.99. The summed E-state index contributed by atoms with van der Waals surface area (Å²) in [6.45, 7) is 5.63. The Bertz CT molecular complexity index is 898. The highest BCUT2D eigenvalue weighted by Crippen LogP contribution is 2.38. The fourth-order valence-corrected chi connectivity index (χ4v) is 4.62. The fraction of sp³-hybridized carbons (Fsp3) is 0.524. The molecule has 2 aromatic rings. The summed E-state index contributed by atoms with van der Waals surface area (Å²) in [7, 11) is 0. The number of rotatable bonds is 2. The second kappa shape index (κ2) is 6.53. The lowest BCUT2D eigenvalue weighted by Gasteiger charge is -2.48. The number of amides is 1. The number of carbonyl (C=O) groups is 1. The Morgan fingerprint density at radius 2 is 2.07 bits per heavy atom. The number of ether oxygens (including phenoxy) is 1. The number of fused-ring (bicyclic) bond motifs is 2. The highest BCUT2D eigenvalue weighted by molar-refractivity contribution is 6.06. The third-order valence-electron chi connectivity index (χ3n) is 6.14. The van der Waals surface area contributed by atoms with Gasteiger partial charge in [-0.25, -0.2) is 4.39 Å². The van der Waals surface area contributed by atoms with E-state index in [1.807, 2.05) is 11.8 Å². The third-order valence-corrected chi connectivity index (χ3v) is 6.14. The zero-order valence-corrected chi connectivity index (χ0v) is 15.5. The van der Waals surface area contributed by atoms with Crippen molar-refractivity contribution < 1.29 is 13.9 Å². The number of carbonyl (C=O) groups excluding carboxylic acids is 1. The first-order valence-corrected chi connectivity index (χ1v) is 9.80. The summed E-state index contributed by atoms with van der Waals surface area (Å²) < 4.78 is 19.6. The standard InChI is InChI=1S/C21H24FN3O2/c1-13-8-18(17-9-15(22)4-5-19(17)23-13)21(26)24-6-7-25-16(10-24)11-27-12-20(25)14-2-3-14/h4-5,8-9,14,16,20H,2-3,6-7,10-12H2,1H3/t16-,20-/m1/s1. The van der Waals surface area contributed by atoms with Crippen LogP contribution in [-0.4, -0.2) is 65.6 Å². The van der Waals surface area contributed by atoms with Crippen molar-refractivity contribution in [3.05, 3.63) is 41.3 Å². The number of pyridine rings is 1. The van der Waals surface area contributed by atoms with Crippen LogP contribution in [0.2, 0.25) is 0 Å². The van der Waals surface area contributed by atoms with E-state index in [1.54, 1.807) is 12.1 Å². The molecule has 3 fully saturated rings. The number of aromatic nitrogens is 1. The van der Waals surface area contributed by atoms with Crippen molar-refractivity contribution in [2.75, 3.05) is 32.8 Å². The molecule has 0 bridgehead atoms. The first kappa shape index (κ1) is 17.1. The Balaban J connectivity index is 1.42. The maximum atomic E-state index is 13.8. The van der Waals surface area contributed by atoms with Crippen LogP contribution in [0.4, 0.5) is 4.39 Å². The normalized spacial score (nSPS) is 26.2. The van der Waals surface area contributed by atoms with E-state index in [1.165, 1.54) is 25.0 Å². The van der Waals surface area contributed by atoms with Crippen LogP contribution in [0.1, 0.15) is 28.9 Å². The van der Waals surface area contributed by atoms with Crippen LogP contribution in [0, 0.1) is 18.7 Å². The smallest absolute Gasteiger partial charge is 0.254 e. The van der Waals surface area contributed by atoms with Gasteiger partial charge in [-0.1, -0.05) is 0 Å². The molecule has 27 heavy (non-hydrogen) atoms. The van der Waals surface area contributed by atoms with E-state index in [0.717, 1.165) is 24.8 Å². The molecule has 2 saturated heterocycles. The number of nitrogens with zero attached hydrogens (tertiary/aromatic N) is 3. The molecule has 1 aromatic carbocycles. The van der Waals surface area contributed by atoms with Crippen molar-refractivity contribution in [2.24, 2.45) is 5.92 Å². The molecule has 1 aliphatic carbocycles. The molecule has 5 nitrogen and oxygen atoms in total. The topological polar surface area (TPSA) is 45.7 Å². The Labute approximate surface area is 158 Å². The van der Waals surface area contributed by atoms with Gasteiger partial charge in [0.1, 0.15) is 5.82 Å². The summed E-state index contributed by atoms with van der Waals surface area (Å²) in [6.07, 6.45) is 2.60. The van der Waals surface area contributed by atoms with Gasteiger partial charge >= 0.3 is 0 Å². The summed E-state index contributed by atoms with van der Waals surface area (Å²) in [4.78, 5) is 22.2. The molecule has 5 rings (SSSR count). The average molecular weight is 369 g/mol. The van der Waals surface area contributed by atoms with Gasteiger partial charge in [-0.05, 0) is 49.9 Å². The fourth-order valence-electron chi connectivity index (χ4n) is 4.62. The molecule has 2 aliphatic heterocycles. The number of morpholine rings is 1. The van der Waals surface area contributed by atoms with Gasteiger partial charge < -0.3 is 9.64 Å². The second-order valence-corrected chi connectivity index (χ2v) is 8.06. The van der Waals surface area contributed by atoms with Gasteiger partial charge in [-0.2, -0.15) is 0 Å². The third kappa shape index (κ3) is 3.11. The molecule has 6 heteroatoms. The van der Waals surface area contributed by atoms with E-state index in [4.69, 9.17) is 4.74 Å². The van der Waals surface area contributed by atoms with Crippen LogP contribution in [0.3, 0.4) is 0 Å². The van der Waals surface area contributed by atoms with Crippen LogP contribution < -0.4 is 0 Å². The lowest BCUT2D eigenvalue weighted by Crippen LogP contribution is -2.63. The minimum absolute atomic E-state index is 0.0377. The second-order valence-electron chi connectivity index (χ2n) is 8.06. The van der Waals surface area contributed by atoms with Gasteiger partial charge in [-0.15, -0.1) is 0 Å². The number of aryl methyl sites for hydroxylation is 1. The molecule has 3 aliphatic rings. The maximum absolute atomic E-state index is 13.8. The molecule has 0 unspecified atom stereocenters. The Morgan fingerprint density at radius 1 is 1.22 bits per heavy atom. The summed E-state index contributed by atoms with van der Waals surface area (Å²) in [5, 5.41) is 0.587. The predicted molar refractivity (Wildman–Crippen MR) is 100 cm³/mol. The van der Waals surface area contributed by atoms with Gasteiger partial charge in [0.15, 0.2) is 0 Å². The highest BCUT2D eigenvalue weighted by Gasteiger charge is 2.43. The first-order chi connectivity index (χ1) is 13.1. The van der Waals surface area contributed by atoms with Gasteiger partial charge in [0.25, 0.3) is 5.91 Å². The van der Waals surface area contributed by atoms with Crippen molar-refractivity contribution in [3.63, 3.8) is 0 Å². The molecule has 2 atom stereocenters. The highest BCUT2D eigenvalue weighted by atomic mass is 19.1. The molecule has 3 heterocycles. The van der Waals surface area contributed by atoms with Crippen LogP contribution in [0.5, 0.6) is 0 Å². The Morgan fingerprint density at radius 3 is 2.89 bits per heavy atom. The molecule has 1 aromatic heterocycles. The number of hydrogen-bond acceptors (Lipinski definition) is 4. The summed E-state index contributed by atoms with van der Waals surface area (Å²) in [5.74, 6) is 0.383. The molecule has 1 amide bonds. The van der Waals surface area contributed by atoms with Crippen LogP contribution in [0.25, 0.3) is 10.9 Å². The van der Waals surface area contributed by atoms with E-state index in [2.05, 4.69) is 9.88 Å². The van der Waals surface area contributed by atoms with E-state index < -0.39 is 0 Å². The van der Waals surface area contributed by atoms with Gasteiger partial charge in [0.2, 0.25) is 0 Å². The quantitative estimate of drug-likeness (QED) is 0.816. The average Bonchev–Trinajstić information content (AvgIpc) is 3.51. The van der Waals surface area contributed by atoms with Crippen molar-refractivity contribution in [1.82, 2.24) is 14.8 Å². The molecular formula is C21H24FN3O2. The SMILES string of the molecule is Cc1cc(C(=O)N2CCN3[C@@H](COC[C@@H]3C3CC3)C2)c2cc(F)ccc2n1. The van der Waals surface area contributed by atoms with Crippen molar-refractivity contribution >= 4 is 16.8 Å². The number of benzene rings is 1. The van der Waals surface area contributed by atoms with E-state index >= 15 is 0 Å². The number of halogens is 1. The first-order valence-electron chi connectivity index (χ1n) is 9.80. The van der Waals surface area contributed by atoms with Crippen LogP contribution in [0.15, 0.2) is 24.3 Å². The molecule has 142 valence electrons. The zero-order valence-electron chi connectivity index (χ0n) is 15.5. The van der Waals surface area contributed by atoms with E-state index in [0.29, 0.717) is 42.2 Å². The Hall–Kier alpha value is -2.05. The largest absolute Gasteiger partial charge is 0.378 e. The summed E-state index contributed by atoms with van der Waals surface area (Å²) in [5.41, 5.74) is 1.97. The zero-order chi connectivity index (χ0) is 18.5. The van der Waals surface area contributed by atoms with Gasteiger partial charge in [0.05, 0.1) is 30.3 Å². The molecule has 0 spiro atoms. The van der Waals surface area contributed by atoms with Crippen molar-refractivity contribution in [2.45, 2.75) is 31.8 Å². The molecule has 1 saturated carbocycles. The maximum Gasteiger partial charge on any atom is 0.254 e. The van der Waals surface area contributed by atoms with Gasteiger partial charge in [-0.3, -0.25) is 14.7 Å². The van der Waals surface area contributed by atoms with E-state index in [9.17, 15) is 9.18 Å². The van der Waals surface area contributed by atoms with E-state index in [-0.39, 0.29) is 17.8 Å². The van der Waals surface area contributed by atoms with Crippen LogP contribution >= 0.6 is 0 Å². The number of piperazine rings is 1. The predicted octanol–water partition coefficient (Wildman–Crippen LogP) is 2.62. The minimum atomic E-state index is -0.347. The lowest BCUT2D eigenvalue weighted by molar-refractivity contribution is -0.0816. The van der Waals surface area contributed by atoms with Gasteiger partial charge in [0, 0.05) is 36.8 Å². The lowest BCUT2D eigenvalue weighted by atomic mass is 10.0.